The average Bonchev–Trinajstić information content (AvgIpc) is 3.06. The molecule has 1 aliphatic carbocycles. The molecule has 3 N–H and O–H groups in total. The number of alkyl carbamates (subject to hydrolysis) is 1. The maximum atomic E-state index is 11.8. The zero-order chi connectivity index (χ0) is 15.3. The Balaban J connectivity index is 2.44. The predicted molar refractivity (Wildman–Crippen MR) is 78.4 cm³/mol. The van der Waals surface area contributed by atoms with Crippen molar-refractivity contribution < 1.29 is 14.6 Å². The third-order valence-corrected chi connectivity index (χ3v) is 2.74. The second-order valence-corrected chi connectivity index (χ2v) is 6.31. The highest BCUT2D eigenvalue weighted by Crippen LogP contribution is 2.24. The van der Waals surface area contributed by atoms with Gasteiger partial charge >= 0.3 is 6.09 Å². The Hall–Kier alpha value is -1.11. The Morgan fingerprint density at radius 1 is 1.50 bits per heavy atom. The first kappa shape index (κ1) is 16.9. The second-order valence-electron chi connectivity index (χ2n) is 6.31. The lowest BCUT2D eigenvalue weighted by Crippen LogP contribution is -2.51. The van der Waals surface area contributed by atoms with Crippen LogP contribution in [-0.2, 0) is 4.74 Å². The van der Waals surface area contributed by atoms with Gasteiger partial charge < -0.3 is 20.1 Å². The molecule has 6 nitrogen and oxygen atoms in total. The summed E-state index contributed by atoms with van der Waals surface area (Å²) >= 11 is 0. The number of aliphatic hydroxyl groups excluding tert-OH is 1. The minimum atomic E-state index is -0.809. The molecule has 2 atom stereocenters. The molecule has 116 valence electrons. The summed E-state index contributed by atoms with van der Waals surface area (Å²) in [6.07, 6.45) is 1.49. The fourth-order valence-corrected chi connectivity index (χ4v) is 1.68. The third-order valence-electron chi connectivity index (χ3n) is 2.74. The van der Waals surface area contributed by atoms with E-state index in [1.165, 1.54) is 0 Å². The van der Waals surface area contributed by atoms with Crippen molar-refractivity contribution in [3.05, 3.63) is 11.6 Å². The average molecular weight is 285 g/mol. The van der Waals surface area contributed by atoms with Crippen LogP contribution in [0.3, 0.4) is 0 Å². The maximum absolute atomic E-state index is 11.8. The topological polar surface area (TPSA) is 73.8 Å². The lowest BCUT2D eigenvalue weighted by molar-refractivity contribution is 0.0415. The summed E-state index contributed by atoms with van der Waals surface area (Å²) in [6, 6.07) is -0.424. The standard InChI is InChI=1S/C14H27N3O3/c1-14(2,3)20-13(19)16-11(10-6-7-10)12(18)15-8-9-17(4)5/h6,11-12,15,18H,7-9H2,1-5H3,(H,16,19)/t11-,12?/m0/s1. The molecule has 0 saturated carbocycles. The molecule has 0 aromatic carbocycles. The first-order chi connectivity index (χ1) is 9.19. The van der Waals surface area contributed by atoms with Gasteiger partial charge in [0.15, 0.2) is 0 Å². The van der Waals surface area contributed by atoms with Gasteiger partial charge in [0.2, 0.25) is 0 Å². The third kappa shape index (κ3) is 6.88. The number of carbonyl (C=O) groups is 1. The van der Waals surface area contributed by atoms with E-state index in [1.54, 1.807) is 0 Å². The van der Waals surface area contributed by atoms with Gasteiger partial charge in [-0.25, -0.2) is 4.79 Å². The number of nitrogens with one attached hydrogen (secondary N) is 2. The molecule has 0 aliphatic heterocycles. The van der Waals surface area contributed by atoms with Gasteiger partial charge in [-0.05, 0) is 46.9 Å². The van der Waals surface area contributed by atoms with Gasteiger partial charge in [-0.15, -0.1) is 0 Å². The monoisotopic (exact) mass is 285 g/mol. The summed E-state index contributed by atoms with van der Waals surface area (Å²) < 4.78 is 5.21. The van der Waals surface area contributed by atoms with E-state index in [0.717, 1.165) is 18.5 Å². The van der Waals surface area contributed by atoms with E-state index >= 15 is 0 Å². The highest BCUT2D eigenvalue weighted by Gasteiger charge is 2.30. The number of amides is 1. The van der Waals surface area contributed by atoms with Gasteiger partial charge in [-0.2, -0.15) is 0 Å². The summed E-state index contributed by atoms with van der Waals surface area (Å²) in [6.45, 7) is 6.89. The lowest BCUT2D eigenvalue weighted by Gasteiger charge is -2.26. The molecule has 1 amide bonds. The molecule has 1 aliphatic rings. The zero-order valence-corrected chi connectivity index (χ0v) is 13.1. The molecular weight excluding hydrogens is 258 g/mol. The quantitative estimate of drug-likeness (QED) is 0.474. The Kier molecular flexibility index (Phi) is 5.98. The molecule has 6 heteroatoms. The number of nitrogens with zero attached hydrogens (tertiary/aromatic N) is 1. The summed E-state index contributed by atoms with van der Waals surface area (Å²) in [5.74, 6) is 0. The van der Waals surface area contributed by atoms with E-state index < -0.39 is 24.0 Å². The Bertz CT molecular complexity index is 361. The Morgan fingerprint density at radius 2 is 2.10 bits per heavy atom. The van der Waals surface area contributed by atoms with Crippen molar-refractivity contribution in [1.29, 1.82) is 0 Å². The van der Waals surface area contributed by atoms with Crippen LogP contribution in [0.25, 0.3) is 0 Å². The number of aliphatic hydroxyl groups is 1. The molecule has 0 heterocycles. The van der Waals surface area contributed by atoms with Crippen LogP contribution < -0.4 is 10.6 Å². The van der Waals surface area contributed by atoms with Crippen molar-refractivity contribution in [2.24, 2.45) is 0 Å². The highest BCUT2D eigenvalue weighted by molar-refractivity contribution is 5.69. The van der Waals surface area contributed by atoms with Gasteiger partial charge in [0.05, 0.1) is 6.04 Å². The zero-order valence-electron chi connectivity index (χ0n) is 13.1. The van der Waals surface area contributed by atoms with Crippen molar-refractivity contribution in [2.75, 3.05) is 27.2 Å². The van der Waals surface area contributed by atoms with Gasteiger partial charge in [-0.3, -0.25) is 5.32 Å². The number of ether oxygens (including phenoxy) is 1. The summed E-state index contributed by atoms with van der Waals surface area (Å²) in [5, 5.41) is 15.9. The minimum Gasteiger partial charge on any atom is -0.444 e. The van der Waals surface area contributed by atoms with Crippen molar-refractivity contribution in [2.45, 2.75) is 45.1 Å². The first-order valence-electron chi connectivity index (χ1n) is 6.93. The van der Waals surface area contributed by atoms with Crippen molar-refractivity contribution in [1.82, 2.24) is 15.5 Å². The fourth-order valence-electron chi connectivity index (χ4n) is 1.68. The largest absolute Gasteiger partial charge is 0.444 e. The molecular formula is C14H27N3O3. The van der Waals surface area contributed by atoms with Crippen LogP contribution in [0.2, 0.25) is 0 Å². The normalized spacial score (nSPS) is 17.4. The molecule has 0 fully saturated rings. The molecule has 0 radical (unpaired) electrons. The summed E-state index contributed by atoms with van der Waals surface area (Å²) in [7, 11) is 3.93. The molecule has 20 heavy (non-hydrogen) atoms. The van der Waals surface area contributed by atoms with E-state index in [-0.39, 0.29) is 0 Å². The van der Waals surface area contributed by atoms with E-state index in [4.69, 9.17) is 4.74 Å². The number of likely N-dealkylation sites (N-methyl/N-ethyl adjacent to an activating group) is 1. The van der Waals surface area contributed by atoms with Crippen LogP contribution in [0.4, 0.5) is 4.79 Å². The second kappa shape index (κ2) is 7.06. The fraction of sp³-hybridized carbons (Fsp3) is 0.786. The maximum Gasteiger partial charge on any atom is 0.408 e. The number of hydrogen-bond acceptors (Lipinski definition) is 5. The molecule has 0 spiro atoms. The molecule has 1 rings (SSSR count). The number of allylic oxidation sites excluding steroid dienone is 1. The molecule has 0 aromatic rings. The van der Waals surface area contributed by atoms with E-state index in [0.29, 0.717) is 6.54 Å². The summed E-state index contributed by atoms with van der Waals surface area (Å²) in [4.78, 5) is 13.8. The van der Waals surface area contributed by atoms with Crippen LogP contribution in [0.15, 0.2) is 11.6 Å². The first-order valence-corrected chi connectivity index (χ1v) is 6.93. The van der Waals surface area contributed by atoms with Crippen molar-refractivity contribution >= 4 is 6.09 Å². The predicted octanol–water partition coefficient (Wildman–Crippen LogP) is 0.679. The number of carbonyl (C=O) groups excluding carboxylic acids is 1. The number of hydrogen-bond donors (Lipinski definition) is 3. The van der Waals surface area contributed by atoms with Gasteiger partial charge in [-0.1, -0.05) is 6.08 Å². The molecule has 0 saturated heterocycles. The van der Waals surface area contributed by atoms with Crippen LogP contribution >= 0.6 is 0 Å². The number of rotatable bonds is 7. The van der Waals surface area contributed by atoms with Crippen molar-refractivity contribution in [3.8, 4) is 0 Å². The lowest BCUT2D eigenvalue weighted by atomic mass is 10.2. The molecule has 0 aromatic heterocycles. The summed E-state index contributed by atoms with van der Waals surface area (Å²) in [5.41, 5.74) is 0.483. The highest BCUT2D eigenvalue weighted by atomic mass is 16.6. The van der Waals surface area contributed by atoms with Gasteiger partial charge in [0.25, 0.3) is 0 Å². The van der Waals surface area contributed by atoms with Crippen LogP contribution in [0.1, 0.15) is 27.2 Å². The molecule has 0 bridgehead atoms. The van der Waals surface area contributed by atoms with Gasteiger partial charge in [0.1, 0.15) is 11.8 Å². The Morgan fingerprint density at radius 3 is 2.55 bits per heavy atom. The SMILES string of the molecule is CN(C)CCNC(O)[C@@H](NC(=O)OC(C)(C)C)C1=CC1. The Labute approximate surface area is 121 Å². The van der Waals surface area contributed by atoms with Crippen LogP contribution in [0.5, 0.6) is 0 Å². The van der Waals surface area contributed by atoms with Crippen molar-refractivity contribution in [3.63, 3.8) is 0 Å². The molecule has 1 unspecified atom stereocenters. The van der Waals surface area contributed by atoms with E-state index in [9.17, 15) is 9.90 Å². The van der Waals surface area contributed by atoms with Gasteiger partial charge in [0, 0.05) is 13.1 Å². The van der Waals surface area contributed by atoms with Crippen LogP contribution in [0, 0.1) is 0 Å². The smallest absolute Gasteiger partial charge is 0.408 e. The van der Waals surface area contributed by atoms with E-state index in [1.807, 2.05) is 45.8 Å². The van der Waals surface area contributed by atoms with E-state index in [2.05, 4.69) is 10.6 Å². The van der Waals surface area contributed by atoms with Crippen LogP contribution in [-0.4, -0.2) is 61.2 Å². The minimum absolute atomic E-state index is 0.424.